The third kappa shape index (κ3) is 4.80. The average molecular weight is 266 g/mol. The van der Waals surface area contributed by atoms with Gasteiger partial charge in [-0.3, -0.25) is 9.36 Å². The van der Waals surface area contributed by atoms with Gasteiger partial charge in [-0.15, -0.1) is 0 Å². The number of rotatable bonds is 5. The molecule has 0 aromatic rings. The van der Waals surface area contributed by atoms with Gasteiger partial charge >= 0.3 is 7.60 Å². The molecule has 17 heavy (non-hydrogen) atoms. The highest BCUT2D eigenvalue weighted by Crippen LogP contribution is 2.33. The van der Waals surface area contributed by atoms with E-state index in [0.29, 0.717) is 0 Å². The van der Waals surface area contributed by atoms with Crippen LogP contribution in [0.15, 0.2) is 4.99 Å². The molecular formula is C7H15N4O5P. The molecule has 1 unspecified atom stereocenters. The van der Waals surface area contributed by atoms with E-state index in [2.05, 4.69) is 4.99 Å². The smallest absolute Gasteiger partial charge is 0.350 e. The van der Waals surface area contributed by atoms with Crippen LogP contribution in [-0.4, -0.2) is 58.6 Å². The maximum Gasteiger partial charge on any atom is 0.350 e. The van der Waals surface area contributed by atoms with Gasteiger partial charge in [-0.25, -0.2) is 4.99 Å². The van der Waals surface area contributed by atoms with E-state index in [9.17, 15) is 9.36 Å². The molecule has 1 atom stereocenters. The third-order valence-electron chi connectivity index (χ3n) is 2.04. The number of hydrogen-bond acceptors (Lipinski definition) is 7. The second-order valence-corrected chi connectivity index (χ2v) is 5.11. The molecule has 1 heterocycles. The van der Waals surface area contributed by atoms with Crippen molar-refractivity contribution in [1.82, 2.24) is 4.90 Å². The standard InChI is InChI=1S/C7H15N4O5P/c8-6-5(12)3-11(7(9)10-6)1-2-16-4-17(13,14)15/h6H,1-4,8H2,(H2,9,10)(H2,13,14,15). The first-order valence-corrected chi connectivity index (χ1v) is 6.58. The summed E-state index contributed by atoms with van der Waals surface area (Å²) < 4.78 is 15.2. The lowest BCUT2D eigenvalue weighted by Crippen LogP contribution is -2.51. The van der Waals surface area contributed by atoms with E-state index in [1.165, 1.54) is 4.90 Å². The molecule has 6 N–H and O–H groups in total. The summed E-state index contributed by atoms with van der Waals surface area (Å²) in [5.41, 5.74) is 10.9. The van der Waals surface area contributed by atoms with Gasteiger partial charge in [-0.05, 0) is 0 Å². The maximum atomic E-state index is 11.2. The van der Waals surface area contributed by atoms with Gasteiger partial charge in [-0.2, -0.15) is 0 Å². The minimum atomic E-state index is -4.16. The molecule has 0 amide bonds. The monoisotopic (exact) mass is 266 g/mol. The Morgan fingerprint density at radius 3 is 2.82 bits per heavy atom. The molecule has 0 aromatic carbocycles. The Balaban J connectivity index is 2.35. The Morgan fingerprint density at radius 1 is 1.59 bits per heavy atom. The van der Waals surface area contributed by atoms with E-state index in [4.69, 9.17) is 26.0 Å². The minimum Gasteiger partial charge on any atom is -0.370 e. The number of carbonyl (C=O) groups is 1. The topological polar surface area (TPSA) is 151 Å². The maximum absolute atomic E-state index is 11.2. The van der Waals surface area contributed by atoms with Crippen LogP contribution in [0.25, 0.3) is 0 Å². The highest BCUT2D eigenvalue weighted by atomic mass is 31.2. The van der Waals surface area contributed by atoms with Crippen molar-refractivity contribution >= 4 is 19.3 Å². The Bertz CT molecular complexity index is 367. The van der Waals surface area contributed by atoms with Crippen molar-refractivity contribution in [2.75, 3.05) is 26.0 Å². The number of hydrogen-bond donors (Lipinski definition) is 4. The second kappa shape index (κ2) is 5.56. The number of guanidine groups is 1. The molecule has 0 aliphatic carbocycles. The number of ether oxygens (including phenoxy) is 1. The zero-order valence-electron chi connectivity index (χ0n) is 9.02. The molecule has 0 fully saturated rings. The van der Waals surface area contributed by atoms with Crippen LogP contribution in [0, 0.1) is 0 Å². The fraction of sp³-hybridized carbons (Fsp3) is 0.714. The van der Waals surface area contributed by atoms with E-state index in [1.54, 1.807) is 0 Å². The van der Waals surface area contributed by atoms with Crippen LogP contribution < -0.4 is 11.5 Å². The van der Waals surface area contributed by atoms with Crippen LogP contribution in [0.4, 0.5) is 0 Å². The molecular weight excluding hydrogens is 251 g/mol. The number of nitrogens with zero attached hydrogens (tertiary/aromatic N) is 2. The first kappa shape index (κ1) is 14.1. The van der Waals surface area contributed by atoms with E-state index >= 15 is 0 Å². The molecule has 10 heteroatoms. The fourth-order valence-electron chi connectivity index (χ4n) is 1.21. The summed E-state index contributed by atoms with van der Waals surface area (Å²) in [5.74, 6) is -0.147. The van der Waals surface area contributed by atoms with Gasteiger partial charge in [0.15, 0.2) is 17.9 Å². The molecule has 0 bridgehead atoms. The molecule has 9 nitrogen and oxygen atoms in total. The van der Waals surface area contributed by atoms with Crippen LogP contribution in [-0.2, 0) is 14.1 Å². The Kier molecular flexibility index (Phi) is 4.61. The number of Topliss-reactive ketones (excluding diaryl/α,β-unsaturated/α-hetero) is 1. The van der Waals surface area contributed by atoms with Crippen LogP contribution in [0.3, 0.4) is 0 Å². The summed E-state index contributed by atoms with van der Waals surface area (Å²) in [7, 11) is -4.16. The van der Waals surface area contributed by atoms with Crippen molar-refractivity contribution < 1.29 is 23.9 Å². The zero-order valence-corrected chi connectivity index (χ0v) is 9.92. The first-order chi connectivity index (χ1) is 7.79. The normalized spacial score (nSPS) is 21.6. The molecule has 0 aromatic heterocycles. The van der Waals surface area contributed by atoms with Crippen molar-refractivity contribution in [1.29, 1.82) is 0 Å². The van der Waals surface area contributed by atoms with Crippen LogP contribution in [0.5, 0.6) is 0 Å². The van der Waals surface area contributed by atoms with Crippen molar-refractivity contribution in [3.8, 4) is 0 Å². The third-order valence-corrected chi connectivity index (χ3v) is 2.56. The van der Waals surface area contributed by atoms with E-state index in [1.807, 2.05) is 0 Å². The lowest BCUT2D eigenvalue weighted by atomic mass is 10.2. The van der Waals surface area contributed by atoms with Crippen molar-refractivity contribution in [3.05, 3.63) is 0 Å². The van der Waals surface area contributed by atoms with Crippen molar-refractivity contribution in [2.24, 2.45) is 16.5 Å². The highest BCUT2D eigenvalue weighted by Gasteiger charge is 2.24. The molecule has 1 aliphatic rings. The fourth-order valence-corrected chi connectivity index (χ4v) is 1.58. The summed E-state index contributed by atoms with van der Waals surface area (Å²) in [6, 6.07) is 0. The largest absolute Gasteiger partial charge is 0.370 e. The molecule has 1 aliphatic heterocycles. The molecule has 0 spiro atoms. The minimum absolute atomic E-state index is 0.0236. The lowest BCUT2D eigenvalue weighted by molar-refractivity contribution is -0.121. The summed E-state index contributed by atoms with van der Waals surface area (Å²) in [6.07, 6.45) is -1.59. The molecule has 0 saturated carbocycles. The molecule has 0 radical (unpaired) electrons. The SMILES string of the molecule is NC1=NC(N)C(=O)CN1CCOCP(=O)(O)O. The van der Waals surface area contributed by atoms with E-state index < -0.39 is 20.1 Å². The Hall–Kier alpha value is -0.990. The van der Waals surface area contributed by atoms with Gasteiger partial charge in [0.25, 0.3) is 0 Å². The summed E-state index contributed by atoms with van der Waals surface area (Å²) in [4.78, 5) is 33.5. The lowest BCUT2D eigenvalue weighted by Gasteiger charge is -2.27. The van der Waals surface area contributed by atoms with Crippen LogP contribution in [0.2, 0.25) is 0 Å². The van der Waals surface area contributed by atoms with Gasteiger partial charge in [-0.1, -0.05) is 0 Å². The van der Waals surface area contributed by atoms with Gasteiger partial charge in [0.05, 0.1) is 13.2 Å². The first-order valence-electron chi connectivity index (χ1n) is 4.78. The molecule has 98 valence electrons. The Morgan fingerprint density at radius 2 is 2.24 bits per heavy atom. The van der Waals surface area contributed by atoms with Gasteiger partial charge in [0.1, 0.15) is 6.35 Å². The van der Waals surface area contributed by atoms with Gasteiger partial charge < -0.3 is 30.9 Å². The molecule has 1 rings (SSSR count). The average Bonchev–Trinajstić information content (AvgIpc) is 2.18. The quantitative estimate of drug-likeness (QED) is 0.318. The predicted octanol–water partition coefficient (Wildman–Crippen LogP) is -2.38. The summed E-state index contributed by atoms with van der Waals surface area (Å²) in [5, 5.41) is 0. The van der Waals surface area contributed by atoms with Crippen LogP contribution in [0.1, 0.15) is 0 Å². The van der Waals surface area contributed by atoms with E-state index in [-0.39, 0.29) is 31.4 Å². The highest BCUT2D eigenvalue weighted by molar-refractivity contribution is 7.51. The Labute approximate surface area is 97.6 Å². The zero-order chi connectivity index (χ0) is 13.1. The number of nitrogens with two attached hydrogens (primary N) is 2. The number of aliphatic imine (C=N–C) groups is 1. The second-order valence-electron chi connectivity index (χ2n) is 3.52. The van der Waals surface area contributed by atoms with Gasteiger partial charge in [0.2, 0.25) is 0 Å². The van der Waals surface area contributed by atoms with Crippen molar-refractivity contribution in [3.63, 3.8) is 0 Å². The van der Waals surface area contributed by atoms with Crippen molar-refractivity contribution in [2.45, 2.75) is 6.17 Å². The van der Waals surface area contributed by atoms with E-state index in [0.717, 1.165) is 0 Å². The number of ketones is 1. The van der Waals surface area contributed by atoms with Crippen LogP contribution >= 0.6 is 7.60 Å². The number of carbonyl (C=O) groups excluding carboxylic acids is 1. The molecule has 0 saturated heterocycles. The predicted molar refractivity (Wildman–Crippen MR) is 59.0 cm³/mol. The summed E-state index contributed by atoms with van der Waals surface area (Å²) in [6.45, 7) is 0.271. The van der Waals surface area contributed by atoms with Gasteiger partial charge in [0, 0.05) is 6.54 Å². The summed E-state index contributed by atoms with van der Waals surface area (Å²) >= 11 is 0.